The Hall–Kier alpha value is -1.22. The molecule has 0 bridgehead atoms. The lowest BCUT2D eigenvalue weighted by atomic mass is 9.95. The summed E-state index contributed by atoms with van der Waals surface area (Å²) in [5.41, 5.74) is 0.852. The number of hydrogen-bond acceptors (Lipinski definition) is 3. The van der Waals surface area contributed by atoms with Crippen molar-refractivity contribution in [3.8, 4) is 5.75 Å². The molecule has 1 aromatic carbocycles. The van der Waals surface area contributed by atoms with Crippen molar-refractivity contribution in [2.24, 2.45) is 11.3 Å². The molecule has 0 radical (unpaired) electrons. The molecule has 3 nitrogen and oxygen atoms in total. The van der Waals surface area contributed by atoms with Gasteiger partial charge < -0.3 is 15.2 Å². The number of hydrogen-bond donors (Lipinski definition) is 2. The minimum absolute atomic E-state index is 0.134. The molecule has 3 heteroatoms. The van der Waals surface area contributed by atoms with Gasteiger partial charge in [-0.25, -0.2) is 0 Å². The van der Waals surface area contributed by atoms with Crippen molar-refractivity contribution in [1.82, 2.24) is 0 Å². The average Bonchev–Trinajstić information content (AvgIpc) is 2.35. The molecule has 18 heavy (non-hydrogen) atoms. The average molecular weight is 251 g/mol. The van der Waals surface area contributed by atoms with Crippen LogP contribution in [-0.2, 0) is 0 Å². The molecule has 0 atom stereocenters. The first kappa shape index (κ1) is 14.8. The Balaban J connectivity index is 2.64. The van der Waals surface area contributed by atoms with Crippen LogP contribution in [0, 0.1) is 11.3 Å². The molecule has 0 heterocycles. The number of nitrogens with one attached hydrogen (secondary N) is 1. The third-order valence-electron chi connectivity index (χ3n) is 2.64. The summed E-state index contributed by atoms with van der Waals surface area (Å²) in [5, 5.41) is 12.6. The van der Waals surface area contributed by atoms with Gasteiger partial charge in [-0.05, 0) is 18.1 Å². The number of benzene rings is 1. The van der Waals surface area contributed by atoms with E-state index in [0.29, 0.717) is 19.1 Å². The first-order valence-corrected chi connectivity index (χ1v) is 6.51. The van der Waals surface area contributed by atoms with E-state index < -0.39 is 0 Å². The quantitative estimate of drug-likeness (QED) is 0.782. The van der Waals surface area contributed by atoms with Crippen LogP contribution in [0.2, 0.25) is 0 Å². The number of rotatable bonds is 7. The van der Waals surface area contributed by atoms with E-state index in [9.17, 15) is 5.11 Å². The fourth-order valence-corrected chi connectivity index (χ4v) is 1.39. The summed E-state index contributed by atoms with van der Waals surface area (Å²) in [7, 11) is 0. The number of ether oxygens (including phenoxy) is 1. The highest BCUT2D eigenvalue weighted by Gasteiger charge is 2.16. The normalized spacial score (nSPS) is 11.7. The van der Waals surface area contributed by atoms with Crippen LogP contribution in [0.3, 0.4) is 0 Å². The summed E-state index contributed by atoms with van der Waals surface area (Å²) < 4.78 is 5.77. The van der Waals surface area contributed by atoms with Gasteiger partial charge in [-0.15, -0.1) is 0 Å². The number of aliphatic hydroxyl groups is 1. The van der Waals surface area contributed by atoms with Gasteiger partial charge in [-0.1, -0.05) is 39.8 Å². The second kappa shape index (κ2) is 6.64. The Morgan fingerprint density at radius 3 is 2.56 bits per heavy atom. The fraction of sp³-hybridized carbons (Fsp3) is 0.600. The first-order chi connectivity index (χ1) is 8.44. The smallest absolute Gasteiger partial charge is 0.142 e. The zero-order valence-electron chi connectivity index (χ0n) is 11.9. The van der Waals surface area contributed by atoms with E-state index in [0.717, 1.165) is 11.4 Å². The summed E-state index contributed by atoms with van der Waals surface area (Å²) in [6, 6.07) is 7.92. The molecule has 0 aromatic heterocycles. The SMILES string of the molecule is CC(C)COc1ccccc1NCC(C)(C)CO. The molecular weight excluding hydrogens is 226 g/mol. The number of para-hydroxylation sites is 2. The maximum atomic E-state index is 9.25. The van der Waals surface area contributed by atoms with E-state index in [1.807, 2.05) is 38.1 Å². The zero-order valence-corrected chi connectivity index (χ0v) is 11.9. The van der Waals surface area contributed by atoms with Crippen LogP contribution in [0.1, 0.15) is 27.7 Å². The molecule has 0 saturated carbocycles. The van der Waals surface area contributed by atoms with Gasteiger partial charge in [0.1, 0.15) is 5.75 Å². The molecular formula is C15H25NO2. The van der Waals surface area contributed by atoms with E-state index in [-0.39, 0.29) is 12.0 Å². The van der Waals surface area contributed by atoms with E-state index in [2.05, 4.69) is 19.2 Å². The van der Waals surface area contributed by atoms with Gasteiger partial charge in [0.05, 0.1) is 12.3 Å². The van der Waals surface area contributed by atoms with Crippen LogP contribution < -0.4 is 10.1 Å². The summed E-state index contributed by atoms with van der Waals surface area (Å²) in [4.78, 5) is 0. The van der Waals surface area contributed by atoms with Crippen molar-refractivity contribution in [2.45, 2.75) is 27.7 Å². The minimum atomic E-state index is -0.134. The second-order valence-electron chi connectivity index (χ2n) is 5.88. The molecule has 0 aliphatic carbocycles. The van der Waals surface area contributed by atoms with Crippen molar-refractivity contribution in [2.75, 3.05) is 25.1 Å². The molecule has 0 saturated heterocycles. The minimum Gasteiger partial charge on any atom is -0.491 e. The van der Waals surface area contributed by atoms with Gasteiger partial charge in [0, 0.05) is 18.6 Å². The lowest BCUT2D eigenvalue weighted by Gasteiger charge is -2.23. The Labute approximate surface area is 110 Å². The summed E-state index contributed by atoms with van der Waals surface area (Å²) >= 11 is 0. The van der Waals surface area contributed by atoms with Crippen molar-refractivity contribution in [3.05, 3.63) is 24.3 Å². The summed E-state index contributed by atoms with van der Waals surface area (Å²) in [6.07, 6.45) is 0. The van der Waals surface area contributed by atoms with Crippen molar-refractivity contribution in [3.63, 3.8) is 0 Å². The summed E-state index contributed by atoms with van der Waals surface area (Å²) in [6.45, 7) is 9.90. The van der Waals surface area contributed by atoms with E-state index in [1.165, 1.54) is 0 Å². The predicted molar refractivity (Wildman–Crippen MR) is 76.1 cm³/mol. The Morgan fingerprint density at radius 2 is 1.94 bits per heavy atom. The second-order valence-corrected chi connectivity index (χ2v) is 5.88. The van der Waals surface area contributed by atoms with Gasteiger partial charge in [0.2, 0.25) is 0 Å². The fourth-order valence-electron chi connectivity index (χ4n) is 1.39. The van der Waals surface area contributed by atoms with Crippen molar-refractivity contribution in [1.29, 1.82) is 0 Å². The molecule has 0 amide bonds. The lowest BCUT2D eigenvalue weighted by molar-refractivity contribution is 0.170. The first-order valence-electron chi connectivity index (χ1n) is 6.51. The molecule has 1 aromatic rings. The molecule has 0 aliphatic heterocycles. The standard InChI is InChI=1S/C15H25NO2/c1-12(2)9-18-14-8-6-5-7-13(14)16-10-15(3,4)11-17/h5-8,12,16-17H,9-11H2,1-4H3. The Morgan fingerprint density at radius 1 is 1.28 bits per heavy atom. The van der Waals surface area contributed by atoms with Gasteiger partial charge in [-0.2, -0.15) is 0 Å². The maximum absolute atomic E-state index is 9.25. The Bertz CT molecular complexity index is 361. The molecule has 2 N–H and O–H groups in total. The highest BCUT2D eigenvalue weighted by Crippen LogP contribution is 2.26. The largest absolute Gasteiger partial charge is 0.491 e. The summed E-state index contributed by atoms with van der Waals surface area (Å²) in [5.74, 6) is 1.38. The van der Waals surface area contributed by atoms with Crippen LogP contribution >= 0.6 is 0 Å². The highest BCUT2D eigenvalue weighted by atomic mass is 16.5. The number of aliphatic hydroxyl groups excluding tert-OH is 1. The van der Waals surface area contributed by atoms with Crippen LogP contribution in [0.5, 0.6) is 5.75 Å². The van der Waals surface area contributed by atoms with Crippen LogP contribution in [0.4, 0.5) is 5.69 Å². The molecule has 102 valence electrons. The lowest BCUT2D eigenvalue weighted by Crippen LogP contribution is -2.27. The van der Waals surface area contributed by atoms with E-state index >= 15 is 0 Å². The molecule has 1 rings (SSSR count). The monoisotopic (exact) mass is 251 g/mol. The zero-order chi connectivity index (χ0) is 13.6. The van der Waals surface area contributed by atoms with Crippen molar-refractivity contribution < 1.29 is 9.84 Å². The highest BCUT2D eigenvalue weighted by molar-refractivity contribution is 5.56. The van der Waals surface area contributed by atoms with Gasteiger partial charge >= 0.3 is 0 Å². The van der Waals surface area contributed by atoms with Crippen molar-refractivity contribution >= 4 is 5.69 Å². The Kier molecular flexibility index (Phi) is 5.48. The predicted octanol–water partition coefficient (Wildman–Crippen LogP) is 3.15. The molecule has 0 fully saturated rings. The third kappa shape index (κ3) is 4.96. The van der Waals surface area contributed by atoms with Gasteiger partial charge in [0.15, 0.2) is 0 Å². The number of anilines is 1. The van der Waals surface area contributed by atoms with Crippen LogP contribution in [0.15, 0.2) is 24.3 Å². The topological polar surface area (TPSA) is 41.5 Å². The van der Waals surface area contributed by atoms with E-state index in [1.54, 1.807) is 0 Å². The van der Waals surface area contributed by atoms with Crippen LogP contribution in [-0.4, -0.2) is 24.9 Å². The molecule has 0 spiro atoms. The third-order valence-corrected chi connectivity index (χ3v) is 2.64. The molecule has 0 unspecified atom stereocenters. The van der Waals surface area contributed by atoms with Gasteiger partial charge in [0.25, 0.3) is 0 Å². The van der Waals surface area contributed by atoms with Gasteiger partial charge in [-0.3, -0.25) is 0 Å². The van der Waals surface area contributed by atoms with Crippen LogP contribution in [0.25, 0.3) is 0 Å². The maximum Gasteiger partial charge on any atom is 0.142 e. The van der Waals surface area contributed by atoms with E-state index in [4.69, 9.17) is 4.74 Å². The molecule has 0 aliphatic rings.